The summed E-state index contributed by atoms with van der Waals surface area (Å²) in [6.45, 7) is 3.67. The fourth-order valence-corrected chi connectivity index (χ4v) is 5.45. The highest BCUT2D eigenvalue weighted by Crippen LogP contribution is 2.31. The second kappa shape index (κ2) is 9.80. The molecule has 4 N–H and O–H groups in total. The second-order valence-electron chi connectivity index (χ2n) is 9.75. The van der Waals surface area contributed by atoms with E-state index in [1.54, 1.807) is 4.90 Å². The molecule has 1 amide bonds. The van der Waals surface area contributed by atoms with Crippen LogP contribution in [0.2, 0.25) is 5.02 Å². The lowest BCUT2D eigenvalue weighted by Gasteiger charge is -2.35. The number of carbonyl (C=O) groups excluding carboxylic acids is 1. The van der Waals surface area contributed by atoms with Gasteiger partial charge in [-0.1, -0.05) is 17.7 Å². The third kappa shape index (κ3) is 4.96. The SMILES string of the molecule is C[C@H]1c2ccc(Cl)cc2CCN1C(=O)CNc1cc2nc(C[C@@]3(O)CCCNC3)[nH]c(=O)c2cc1F. The maximum atomic E-state index is 14.8. The van der Waals surface area contributed by atoms with Gasteiger partial charge in [0, 0.05) is 24.5 Å². The van der Waals surface area contributed by atoms with E-state index in [0.29, 0.717) is 42.3 Å². The number of aromatic amines is 1. The summed E-state index contributed by atoms with van der Waals surface area (Å²) in [6, 6.07) is 8.14. The number of halogens is 2. The summed E-state index contributed by atoms with van der Waals surface area (Å²) in [6.07, 6.45) is 2.32. The largest absolute Gasteiger partial charge is 0.388 e. The Labute approximate surface area is 212 Å². The molecule has 1 fully saturated rings. The van der Waals surface area contributed by atoms with Gasteiger partial charge in [-0.15, -0.1) is 0 Å². The van der Waals surface area contributed by atoms with Crippen LogP contribution >= 0.6 is 11.6 Å². The molecule has 2 aliphatic rings. The molecule has 190 valence electrons. The maximum Gasteiger partial charge on any atom is 0.258 e. The van der Waals surface area contributed by atoms with Crippen LogP contribution in [0.1, 0.15) is 42.8 Å². The minimum Gasteiger partial charge on any atom is -0.388 e. The molecule has 3 aromatic rings. The molecule has 0 unspecified atom stereocenters. The standard InChI is InChI=1S/C26H29ClFN5O3/c1-15-18-4-3-17(27)9-16(18)5-8-33(15)24(34)13-30-22-11-21-19(10-20(22)28)25(35)32-23(31-21)12-26(36)6-2-7-29-14-26/h3-4,9-11,15,29-30,36H,2,5-8,12-14H2,1H3,(H,31,32,35)/t15-,26-/m0/s1. The first-order chi connectivity index (χ1) is 17.2. The Morgan fingerprint density at radius 2 is 2.19 bits per heavy atom. The first-order valence-corrected chi connectivity index (χ1v) is 12.6. The van der Waals surface area contributed by atoms with Crippen LogP contribution in [0.15, 0.2) is 35.1 Å². The molecule has 8 nitrogen and oxygen atoms in total. The molecule has 0 bridgehead atoms. The molecule has 0 spiro atoms. The van der Waals surface area contributed by atoms with Crippen LogP contribution in [0.5, 0.6) is 0 Å². The number of amides is 1. The van der Waals surface area contributed by atoms with E-state index >= 15 is 0 Å². The highest BCUT2D eigenvalue weighted by atomic mass is 35.5. The van der Waals surface area contributed by atoms with E-state index in [1.807, 2.05) is 25.1 Å². The number of benzene rings is 2. The number of nitrogens with one attached hydrogen (secondary N) is 3. The van der Waals surface area contributed by atoms with E-state index < -0.39 is 17.0 Å². The van der Waals surface area contributed by atoms with Gasteiger partial charge in [0.05, 0.1) is 34.8 Å². The zero-order chi connectivity index (χ0) is 25.4. The Kier molecular flexibility index (Phi) is 6.72. The third-order valence-electron chi connectivity index (χ3n) is 7.18. The number of carbonyl (C=O) groups is 1. The molecule has 10 heteroatoms. The van der Waals surface area contributed by atoms with Gasteiger partial charge in [0.25, 0.3) is 5.56 Å². The molecule has 2 aliphatic heterocycles. The lowest BCUT2D eigenvalue weighted by Crippen LogP contribution is -2.47. The average molecular weight is 514 g/mol. The highest BCUT2D eigenvalue weighted by Gasteiger charge is 2.31. The van der Waals surface area contributed by atoms with Gasteiger partial charge in [0.2, 0.25) is 5.91 Å². The average Bonchev–Trinajstić information content (AvgIpc) is 2.83. The molecule has 1 aromatic heterocycles. The summed E-state index contributed by atoms with van der Waals surface area (Å²) in [5, 5.41) is 17.6. The minimum absolute atomic E-state index is 0.0924. The fraction of sp³-hybridized carbons (Fsp3) is 0.423. The zero-order valence-corrected chi connectivity index (χ0v) is 20.8. The number of hydrogen-bond donors (Lipinski definition) is 4. The molecular formula is C26H29ClFN5O3. The summed E-state index contributed by atoms with van der Waals surface area (Å²) in [4.78, 5) is 34.5. The van der Waals surface area contributed by atoms with Crippen LogP contribution in [0.4, 0.5) is 10.1 Å². The van der Waals surface area contributed by atoms with Crippen LogP contribution in [0.3, 0.4) is 0 Å². The summed E-state index contributed by atoms with van der Waals surface area (Å²) >= 11 is 6.10. The van der Waals surface area contributed by atoms with Crippen LogP contribution in [-0.4, -0.2) is 57.7 Å². The summed E-state index contributed by atoms with van der Waals surface area (Å²) in [5.74, 6) is -0.459. The van der Waals surface area contributed by atoms with Crippen molar-refractivity contribution in [1.29, 1.82) is 0 Å². The van der Waals surface area contributed by atoms with Crippen molar-refractivity contribution in [3.05, 3.63) is 68.5 Å². The Balaban J connectivity index is 1.32. The maximum absolute atomic E-state index is 14.8. The Morgan fingerprint density at radius 1 is 1.36 bits per heavy atom. The molecule has 2 aromatic carbocycles. The molecular weight excluding hydrogens is 485 g/mol. The molecule has 0 saturated carbocycles. The van der Waals surface area contributed by atoms with E-state index in [4.69, 9.17) is 11.6 Å². The number of H-pyrrole nitrogens is 1. The van der Waals surface area contributed by atoms with Gasteiger partial charge in [0.1, 0.15) is 11.6 Å². The Morgan fingerprint density at radius 3 is 2.97 bits per heavy atom. The summed E-state index contributed by atoms with van der Waals surface area (Å²) in [7, 11) is 0. The van der Waals surface area contributed by atoms with E-state index in [0.717, 1.165) is 30.2 Å². The van der Waals surface area contributed by atoms with Gasteiger partial charge < -0.3 is 25.6 Å². The van der Waals surface area contributed by atoms with Gasteiger partial charge in [-0.25, -0.2) is 9.37 Å². The molecule has 36 heavy (non-hydrogen) atoms. The van der Waals surface area contributed by atoms with Gasteiger partial charge in [0.15, 0.2) is 0 Å². The molecule has 3 heterocycles. The van der Waals surface area contributed by atoms with Crippen LogP contribution in [0.25, 0.3) is 10.9 Å². The number of anilines is 1. The third-order valence-corrected chi connectivity index (χ3v) is 7.42. The Hall–Kier alpha value is -3.01. The molecule has 0 radical (unpaired) electrons. The number of piperidine rings is 1. The lowest BCUT2D eigenvalue weighted by atomic mass is 9.90. The molecule has 1 saturated heterocycles. The van der Waals surface area contributed by atoms with Crippen molar-refractivity contribution in [3.8, 4) is 0 Å². The summed E-state index contributed by atoms with van der Waals surface area (Å²) in [5.41, 5.74) is 1.12. The number of rotatable bonds is 5. The highest BCUT2D eigenvalue weighted by molar-refractivity contribution is 6.30. The minimum atomic E-state index is -0.996. The van der Waals surface area contributed by atoms with Crippen LogP contribution in [-0.2, 0) is 17.6 Å². The number of aliphatic hydroxyl groups is 1. The molecule has 5 rings (SSSR count). The first-order valence-electron chi connectivity index (χ1n) is 12.2. The number of hydrogen-bond acceptors (Lipinski definition) is 6. The number of fused-ring (bicyclic) bond motifs is 2. The topological polar surface area (TPSA) is 110 Å². The quantitative estimate of drug-likeness (QED) is 0.417. The zero-order valence-electron chi connectivity index (χ0n) is 20.0. The Bertz CT molecular complexity index is 1370. The van der Waals surface area contributed by atoms with Crippen molar-refractivity contribution in [1.82, 2.24) is 20.2 Å². The smallest absolute Gasteiger partial charge is 0.258 e. The van der Waals surface area contributed by atoms with Crippen LogP contribution < -0.4 is 16.2 Å². The van der Waals surface area contributed by atoms with Crippen molar-refractivity contribution >= 4 is 34.1 Å². The monoisotopic (exact) mass is 513 g/mol. The van der Waals surface area contributed by atoms with Crippen molar-refractivity contribution in [2.24, 2.45) is 0 Å². The predicted molar refractivity (Wildman–Crippen MR) is 137 cm³/mol. The van der Waals surface area contributed by atoms with Crippen LogP contribution in [0, 0.1) is 5.82 Å². The number of aromatic nitrogens is 2. The second-order valence-corrected chi connectivity index (χ2v) is 10.2. The lowest BCUT2D eigenvalue weighted by molar-refractivity contribution is -0.131. The van der Waals surface area contributed by atoms with Gasteiger partial charge in [-0.3, -0.25) is 9.59 Å². The molecule has 0 aliphatic carbocycles. The van der Waals surface area contributed by atoms with Crippen molar-refractivity contribution < 1.29 is 14.3 Å². The van der Waals surface area contributed by atoms with E-state index in [1.165, 1.54) is 6.07 Å². The van der Waals surface area contributed by atoms with Crippen molar-refractivity contribution in [3.63, 3.8) is 0 Å². The van der Waals surface area contributed by atoms with Gasteiger partial charge in [-0.05, 0) is 68.1 Å². The van der Waals surface area contributed by atoms with E-state index in [-0.39, 0.29) is 36.0 Å². The van der Waals surface area contributed by atoms with E-state index in [9.17, 15) is 19.1 Å². The summed E-state index contributed by atoms with van der Waals surface area (Å²) < 4.78 is 14.8. The van der Waals surface area contributed by atoms with Gasteiger partial charge in [-0.2, -0.15) is 0 Å². The van der Waals surface area contributed by atoms with E-state index in [2.05, 4.69) is 20.6 Å². The van der Waals surface area contributed by atoms with Gasteiger partial charge >= 0.3 is 0 Å². The predicted octanol–water partition coefficient (Wildman–Crippen LogP) is 2.93. The normalized spacial score (nSPS) is 21.9. The first kappa shape index (κ1) is 24.7. The number of nitrogens with zero attached hydrogens (tertiary/aromatic N) is 2. The fourth-order valence-electron chi connectivity index (χ4n) is 5.26. The number of β-amino-alcohol motifs (C(OH)–C–C–N with tert-alkyl or cyclic N) is 1. The van der Waals surface area contributed by atoms with Crippen molar-refractivity contribution in [2.75, 3.05) is 31.5 Å². The van der Waals surface area contributed by atoms with Crippen molar-refractivity contribution in [2.45, 2.75) is 44.2 Å². The molecule has 2 atom stereocenters.